The first kappa shape index (κ1) is 17.5. The Balaban J connectivity index is 2.52. The number of esters is 1. The molecule has 1 aromatic carbocycles. The molecule has 0 spiro atoms. The number of nitro benzene ring substituents is 1. The Hall–Kier alpha value is -2.81. The number of amides is 1. The van der Waals surface area contributed by atoms with E-state index in [4.69, 9.17) is 4.74 Å². The van der Waals surface area contributed by atoms with E-state index >= 15 is 0 Å². The minimum Gasteiger partial charge on any atom is -0.462 e. The van der Waals surface area contributed by atoms with Crippen molar-refractivity contribution in [3.05, 3.63) is 33.2 Å². The maximum Gasteiger partial charge on any atom is 0.348 e. The van der Waals surface area contributed by atoms with E-state index in [1.54, 1.807) is 13.0 Å². The van der Waals surface area contributed by atoms with Crippen LogP contribution in [0.15, 0.2) is 18.2 Å². The highest BCUT2D eigenvalue weighted by molar-refractivity contribution is 7.20. The lowest BCUT2D eigenvalue weighted by atomic mass is 10.1. The Labute approximate surface area is 140 Å². The number of nitro groups is 1. The number of anilines is 1. The first-order valence-corrected chi connectivity index (χ1v) is 7.92. The van der Waals surface area contributed by atoms with Crippen LogP contribution >= 0.6 is 11.3 Å². The molecule has 0 saturated carbocycles. The van der Waals surface area contributed by atoms with Crippen molar-refractivity contribution in [1.29, 1.82) is 0 Å². The first-order valence-electron chi connectivity index (χ1n) is 7.11. The van der Waals surface area contributed by atoms with Crippen LogP contribution in [0.4, 0.5) is 11.4 Å². The summed E-state index contributed by atoms with van der Waals surface area (Å²) in [6.45, 7) is 3.37. The van der Waals surface area contributed by atoms with Crippen LogP contribution in [0.5, 0.6) is 0 Å². The maximum absolute atomic E-state index is 11.8. The third-order valence-electron chi connectivity index (χ3n) is 3.15. The number of nitrogens with one attached hydrogen (secondary N) is 1. The second-order valence-electron chi connectivity index (χ2n) is 4.69. The molecule has 9 heteroatoms. The van der Waals surface area contributed by atoms with E-state index in [1.165, 1.54) is 19.1 Å². The molecule has 1 aromatic heterocycles. The molecule has 0 unspecified atom stereocenters. The number of benzene rings is 1. The minimum absolute atomic E-state index is 0.00661. The predicted octanol–water partition coefficient (Wildman–Crippen LogP) is 2.90. The summed E-state index contributed by atoms with van der Waals surface area (Å²) in [6, 6.07) is 4.24. The van der Waals surface area contributed by atoms with Gasteiger partial charge >= 0.3 is 11.7 Å². The fraction of sp³-hybridized carbons (Fsp3) is 0.267. The van der Waals surface area contributed by atoms with Gasteiger partial charge in [0.2, 0.25) is 5.78 Å². The molecule has 2 rings (SSSR count). The van der Waals surface area contributed by atoms with Gasteiger partial charge in [0, 0.05) is 11.1 Å². The lowest BCUT2D eigenvalue weighted by Gasteiger charge is -2.05. The van der Waals surface area contributed by atoms with E-state index in [-0.39, 0.29) is 34.7 Å². The summed E-state index contributed by atoms with van der Waals surface area (Å²) in [5, 5.41) is 13.9. The number of rotatable bonds is 6. The smallest absolute Gasteiger partial charge is 0.348 e. The van der Waals surface area contributed by atoms with Gasteiger partial charge in [-0.15, -0.1) is 11.3 Å². The van der Waals surface area contributed by atoms with Crippen molar-refractivity contribution in [2.24, 2.45) is 0 Å². The number of hydrogen-bond acceptors (Lipinski definition) is 7. The fourth-order valence-corrected chi connectivity index (χ4v) is 3.01. The summed E-state index contributed by atoms with van der Waals surface area (Å²) in [5.41, 5.74) is -0.455. The number of ketones is 1. The Kier molecular flexibility index (Phi) is 5.24. The van der Waals surface area contributed by atoms with E-state index in [0.717, 1.165) is 11.3 Å². The number of fused-ring (bicyclic) bond motifs is 1. The highest BCUT2D eigenvalue weighted by Gasteiger charge is 2.25. The maximum atomic E-state index is 11.8. The van der Waals surface area contributed by atoms with Crippen molar-refractivity contribution in [3.63, 3.8) is 0 Å². The summed E-state index contributed by atoms with van der Waals surface area (Å²) < 4.78 is 5.39. The van der Waals surface area contributed by atoms with Crippen molar-refractivity contribution in [2.45, 2.75) is 20.3 Å². The van der Waals surface area contributed by atoms with Crippen LogP contribution in [0, 0.1) is 10.1 Å². The van der Waals surface area contributed by atoms with E-state index in [0.29, 0.717) is 4.70 Å². The summed E-state index contributed by atoms with van der Waals surface area (Å²) in [6.07, 6.45) is -0.00661. The molecule has 8 nitrogen and oxygen atoms in total. The molecule has 1 amide bonds. The van der Waals surface area contributed by atoms with Gasteiger partial charge in [-0.1, -0.05) is 6.92 Å². The molecule has 0 aliphatic heterocycles. The highest BCUT2D eigenvalue weighted by Crippen LogP contribution is 2.38. The number of Topliss-reactive ketones (excluding diaryl/α,β-unsaturated/α-hetero) is 1. The summed E-state index contributed by atoms with van der Waals surface area (Å²) in [5.74, 6) is -2.16. The third kappa shape index (κ3) is 3.40. The van der Waals surface area contributed by atoms with Gasteiger partial charge < -0.3 is 10.1 Å². The molecule has 0 aliphatic carbocycles. The average molecular weight is 350 g/mol. The Morgan fingerprint density at radius 1 is 1.29 bits per heavy atom. The lowest BCUT2D eigenvalue weighted by molar-refractivity contribution is -0.382. The van der Waals surface area contributed by atoms with Crippen LogP contribution in [-0.4, -0.2) is 29.2 Å². The van der Waals surface area contributed by atoms with Crippen LogP contribution < -0.4 is 5.32 Å². The van der Waals surface area contributed by atoms with E-state index in [1.807, 2.05) is 0 Å². The average Bonchev–Trinajstić information content (AvgIpc) is 2.97. The van der Waals surface area contributed by atoms with Gasteiger partial charge in [-0.3, -0.25) is 19.7 Å². The van der Waals surface area contributed by atoms with E-state index in [2.05, 4.69) is 5.32 Å². The molecule has 0 saturated heterocycles. The van der Waals surface area contributed by atoms with Crippen molar-refractivity contribution in [1.82, 2.24) is 0 Å². The quantitative estimate of drug-likeness (QED) is 0.371. The summed E-state index contributed by atoms with van der Waals surface area (Å²) >= 11 is 1.06. The Morgan fingerprint density at radius 2 is 2.00 bits per heavy atom. The summed E-state index contributed by atoms with van der Waals surface area (Å²) in [4.78, 5) is 45.9. The highest BCUT2D eigenvalue weighted by atomic mass is 32.1. The number of hydrogen-bond donors (Lipinski definition) is 1. The van der Waals surface area contributed by atoms with E-state index < -0.39 is 22.6 Å². The molecule has 0 atom stereocenters. The predicted molar refractivity (Wildman–Crippen MR) is 88.4 cm³/mol. The number of nitrogens with zero attached hydrogens (tertiary/aromatic N) is 1. The second kappa shape index (κ2) is 7.18. The van der Waals surface area contributed by atoms with Crippen LogP contribution in [0.3, 0.4) is 0 Å². The summed E-state index contributed by atoms with van der Waals surface area (Å²) in [7, 11) is 0. The van der Waals surface area contributed by atoms with Crippen molar-refractivity contribution < 1.29 is 24.0 Å². The molecule has 24 heavy (non-hydrogen) atoms. The van der Waals surface area contributed by atoms with Crippen molar-refractivity contribution in [2.75, 3.05) is 11.9 Å². The second-order valence-corrected chi connectivity index (χ2v) is 5.78. The van der Waals surface area contributed by atoms with Gasteiger partial charge in [-0.05, 0) is 25.1 Å². The topological polar surface area (TPSA) is 116 Å². The zero-order chi connectivity index (χ0) is 17.9. The standard InChI is InChI=1S/C15H14N2O6S/c1-3-10(18)14(19)16-9-5-6-11-8(13(9)17(21)22)7-12(24-11)15(20)23-4-2/h5-7H,3-4H2,1-2H3,(H,16,19). The van der Waals surface area contributed by atoms with Crippen LogP contribution in [-0.2, 0) is 14.3 Å². The molecular weight excluding hydrogens is 336 g/mol. The van der Waals surface area contributed by atoms with Crippen molar-refractivity contribution >= 4 is 50.5 Å². The number of carbonyl (C=O) groups excluding carboxylic acids is 3. The normalized spacial score (nSPS) is 10.4. The van der Waals surface area contributed by atoms with Crippen LogP contribution in [0.2, 0.25) is 0 Å². The third-order valence-corrected chi connectivity index (χ3v) is 4.23. The van der Waals surface area contributed by atoms with Crippen LogP contribution in [0.25, 0.3) is 10.1 Å². The zero-order valence-corrected chi connectivity index (χ0v) is 13.8. The molecular formula is C15H14N2O6S. The number of ether oxygens (including phenoxy) is 1. The molecule has 1 N–H and O–H groups in total. The van der Waals surface area contributed by atoms with Gasteiger partial charge in [0.25, 0.3) is 5.91 Å². The Morgan fingerprint density at radius 3 is 2.58 bits per heavy atom. The van der Waals surface area contributed by atoms with Gasteiger partial charge in [-0.2, -0.15) is 0 Å². The van der Waals surface area contributed by atoms with Gasteiger partial charge in [0.05, 0.1) is 16.9 Å². The fourth-order valence-electron chi connectivity index (χ4n) is 2.05. The lowest BCUT2D eigenvalue weighted by Crippen LogP contribution is -2.22. The molecule has 0 radical (unpaired) electrons. The van der Waals surface area contributed by atoms with Crippen molar-refractivity contribution in [3.8, 4) is 0 Å². The van der Waals surface area contributed by atoms with Crippen LogP contribution in [0.1, 0.15) is 29.9 Å². The zero-order valence-electron chi connectivity index (χ0n) is 13.0. The number of thiophene rings is 1. The first-order chi connectivity index (χ1) is 11.4. The Bertz CT molecular complexity index is 842. The molecule has 2 aromatic rings. The molecule has 0 fully saturated rings. The van der Waals surface area contributed by atoms with E-state index in [9.17, 15) is 24.5 Å². The SMILES string of the molecule is CCOC(=O)c1cc2c([N+](=O)[O-])c(NC(=O)C(=O)CC)ccc2s1. The minimum atomic E-state index is -0.916. The van der Waals surface area contributed by atoms with Gasteiger partial charge in [0.1, 0.15) is 10.6 Å². The largest absolute Gasteiger partial charge is 0.462 e. The molecule has 0 bridgehead atoms. The number of carbonyl (C=O) groups is 3. The monoisotopic (exact) mass is 350 g/mol. The van der Waals surface area contributed by atoms with Gasteiger partial charge in [-0.25, -0.2) is 4.79 Å². The molecule has 126 valence electrons. The molecule has 1 heterocycles. The molecule has 0 aliphatic rings. The van der Waals surface area contributed by atoms with Gasteiger partial charge in [0.15, 0.2) is 0 Å².